The molecule has 0 bridgehead atoms. The molecule has 4 nitrogen and oxygen atoms in total. The molecule has 1 fully saturated rings. The number of ether oxygens (including phenoxy) is 1. The Hall–Kier alpha value is -1.07. The van der Waals surface area contributed by atoms with Crippen molar-refractivity contribution >= 4 is 9.84 Å². The first-order valence-corrected chi connectivity index (χ1v) is 8.39. The molecular weight excluding hydrogens is 262 g/mol. The van der Waals surface area contributed by atoms with Crippen molar-refractivity contribution in [1.29, 1.82) is 0 Å². The Balaban J connectivity index is 2.17. The monoisotopic (exact) mass is 283 g/mol. The van der Waals surface area contributed by atoms with Crippen LogP contribution < -0.4 is 10.5 Å². The molecule has 1 aliphatic rings. The van der Waals surface area contributed by atoms with Crippen LogP contribution in [0.15, 0.2) is 29.2 Å². The predicted molar refractivity (Wildman–Crippen MR) is 75.0 cm³/mol. The number of sulfone groups is 1. The van der Waals surface area contributed by atoms with Crippen LogP contribution in [-0.4, -0.2) is 26.8 Å². The summed E-state index contributed by atoms with van der Waals surface area (Å²) in [6.45, 7) is 4.22. The van der Waals surface area contributed by atoms with Crippen molar-refractivity contribution in [3.8, 4) is 5.75 Å². The van der Waals surface area contributed by atoms with E-state index in [1.165, 1.54) is 6.26 Å². The van der Waals surface area contributed by atoms with Gasteiger partial charge in [-0.3, -0.25) is 0 Å². The summed E-state index contributed by atoms with van der Waals surface area (Å²) in [7, 11) is -3.20. The van der Waals surface area contributed by atoms with E-state index in [9.17, 15) is 8.42 Å². The van der Waals surface area contributed by atoms with Crippen molar-refractivity contribution in [3.05, 3.63) is 24.3 Å². The first-order chi connectivity index (χ1) is 8.77. The molecule has 3 unspecified atom stereocenters. The largest absolute Gasteiger partial charge is 0.490 e. The minimum absolute atomic E-state index is 0.0267. The van der Waals surface area contributed by atoms with Crippen LogP contribution in [-0.2, 0) is 9.84 Å². The molecule has 2 N–H and O–H groups in total. The van der Waals surface area contributed by atoms with E-state index < -0.39 is 9.84 Å². The van der Waals surface area contributed by atoms with Gasteiger partial charge in [0.1, 0.15) is 11.9 Å². The Morgan fingerprint density at radius 2 is 2.16 bits per heavy atom. The second-order valence-corrected chi connectivity index (χ2v) is 7.57. The number of hydrogen-bond donors (Lipinski definition) is 1. The Morgan fingerprint density at radius 1 is 1.47 bits per heavy atom. The molecule has 19 heavy (non-hydrogen) atoms. The summed E-state index contributed by atoms with van der Waals surface area (Å²) in [6, 6.07) is 6.80. The second kappa shape index (κ2) is 4.80. The summed E-state index contributed by atoms with van der Waals surface area (Å²) in [5, 5.41) is 0. The molecule has 3 atom stereocenters. The fraction of sp³-hybridized carbons (Fsp3) is 0.571. The fourth-order valence-corrected chi connectivity index (χ4v) is 3.12. The topological polar surface area (TPSA) is 69.4 Å². The molecule has 0 aromatic heterocycles. The lowest BCUT2D eigenvalue weighted by Crippen LogP contribution is -2.61. The SMILES string of the molecule is CCC1(C)C(N)CC1Oc1cccc(S(C)(=O)=O)c1. The van der Waals surface area contributed by atoms with Crippen molar-refractivity contribution in [2.75, 3.05) is 6.26 Å². The van der Waals surface area contributed by atoms with E-state index in [2.05, 4.69) is 13.8 Å². The van der Waals surface area contributed by atoms with Crippen molar-refractivity contribution in [1.82, 2.24) is 0 Å². The zero-order valence-corrected chi connectivity index (χ0v) is 12.4. The average molecular weight is 283 g/mol. The second-order valence-electron chi connectivity index (χ2n) is 5.56. The summed E-state index contributed by atoms with van der Waals surface area (Å²) in [6.07, 6.45) is 3.02. The van der Waals surface area contributed by atoms with Crippen LogP contribution in [0.5, 0.6) is 5.75 Å². The van der Waals surface area contributed by atoms with E-state index in [0.717, 1.165) is 12.8 Å². The molecule has 5 heteroatoms. The molecule has 106 valence electrons. The van der Waals surface area contributed by atoms with E-state index in [4.69, 9.17) is 10.5 Å². The molecule has 1 aromatic carbocycles. The van der Waals surface area contributed by atoms with Gasteiger partial charge in [-0.1, -0.05) is 19.9 Å². The maximum absolute atomic E-state index is 11.5. The van der Waals surface area contributed by atoms with Gasteiger partial charge in [0.25, 0.3) is 0 Å². The number of nitrogens with two attached hydrogens (primary N) is 1. The minimum Gasteiger partial charge on any atom is -0.490 e. The zero-order chi connectivity index (χ0) is 14.3. The molecule has 2 rings (SSSR count). The van der Waals surface area contributed by atoms with Gasteiger partial charge in [-0.05, 0) is 24.6 Å². The Bertz CT molecular complexity index is 570. The molecule has 1 aromatic rings. The maximum atomic E-state index is 11.5. The molecule has 0 aliphatic heterocycles. The Labute approximate surface area is 114 Å². The van der Waals surface area contributed by atoms with Crippen LogP contribution in [0, 0.1) is 5.41 Å². The van der Waals surface area contributed by atoms with E-state index in [1.54, 1.807) is 24.3 Å². The first kappa shape index (κ1) is 14.3. The highest BCUT2D eigenvalue weighted by Crippen LogP contribution is 2.44. The third kappa shape index (κ3) is 2.62. The Kier molecular flexibility index (Phi) is 3.62. The van der Waals surface area contributed by atoms with Gasteiger partial charge in [-0.15, -0.1) is 0 Å². The standard InChI is InChI=1S/C14H21NO3S/c1-4-14(2)12(15)9-13(14)18-10-6-5-7-11(8-10)19(3,16)17/h5-8,12-13H,4,9,15H2,1-3H3. The van der Waals surface area contributed by atoms with Gasteiger partial charge in [0.15, 0.2) is 9.84 Å². The highest BCUT2D eigenvalue weighted by molar-refractivity contribution is 7.90. The maximum Gasteiger partial charge on any atom is 0.175 e. The first-order valence-electron chi connectivity index (χ1n) is 6.49. The summed E-state index contributed by atoms with van der Waals surface area (Å²) >= 11 is 0. The van der Waals surface area contributed by atoms with Crippen LogP contribution in [0.2, 0.25) is 0 Å². The molecule has 1 saturated carbocycles. The minimum atomic E-state index is -3.20. The van der Waals surface area contributed by atoms with Gasteiger partial charge in [0, 0.05) is 24.1 Å². The smallest absolute Gasteiger partial charge is 0.175 e. The van der Waals surface area contributed by atoms with Crippen LogP contribution in [0.25, 0.3) is 0 Å². The Morgan fingerprint density at radius 3 is 2.68 bits per heavy atom. The molecule has 1 aliphatic carbocycles. The quantitative estimate of drug-likeness (QED) is 0.917. The highest BCUT2D eigenvalue weighted by Gasteiger charge is 2.50. The predicted octanol–water partition coefficient (Wildman–Crippen LogP) is 1.98. The summed E-state index contributed by atoms with van der Waals surface area (Å²) in [4.78, 5) is 0.284. The summed E-state index contributed by atoms with van der Waals surface area (Å²) < 4.78 is 28.9. The van der Waals surface area contributed by atoms with Crippen molar-refractivity contribution in [2.24, 2.45) is 11.1 Å². The zero-order valence-electron chi connectivity index (χ0n) is 11.6. The van der Waals surface area contributed by atoms with E-state index >= 15 is 0 Å². The summed E-state index contributed by atoms with van der Waals surface area (Å²) in [5.41, 5.74) is 6.01. The van der Waals surface area contributed by atoms with Crippen molar-refractivity contribution in [3.63, 3.8) is 0 Å². The third-order valence-electron chi connectivity index (χ3n) is 4.32. The lowest BCUT2D eigenvalue weighted by Gasteiger charge is -2.51. The molecule has 0 amide bonds. The van der Waals surface area contributed by atoms with E-state index in [-0.39, 0.29) is 22.5 Å². The van der Waals surface area contributed by atoms with Gasteiger partial charge in [0.2, 0.25) is 0 Å². The third-order valence-corrected chi connectivity index (χ3v) is 5.43. The number of rotatable bonds is 4. The normalized spacial score (nSPS) is 30.7. The highest BCUT2D eigenvalue weighted by atomic mass is 32.2. The molecular formula is C14H21NO3S. The molecule has 0 spiro atoms. The van der Waals surface area contributed by atoms with E-state index in [0.29, 0.717) is 5.75 Å². The number of hydrogen-bond acceptors (Lipinski definition) is 4. The lowest BCUT2D eigenvalue weighted by atomic mass is 9.62. The van der Waals surface area contributed by atoms with Crippen molar-refractivity contribution < 1.29 is 13.2 Å². The van der Waals surface area contributed by atoms with Crippen LogP contribution in [0.4, 0.5) is 0 Å². The lowest BCUT2D eigenvalue weighted by molar-refractivity contribution is -0.0561. The van der Waals surface area contributed by atoms with Gasteiger partial charge >= 0.3 is 0 Å². The molecule has 0 saturated heterocycles. The summed E-state index contributed by atoms with van der Waals surface area (Å²) in [5.74, 6) is 0.597. The van der Waals surface area contributed by atoms with Crippen LogP contribution >= 0.6 is 0 Å². The molecule has 0 heterocycles. The van der Waals surface area contributed by atoms with E-state index in [1.807, 2.05) is 0 Å². The van der Waals surface area contributed by atoms with Crippen molar-refractivity contribution in [2.45, 2.75) is 43.7 Å². The van der Waals surface area contributed by atoms with Gasteiger partial charge in [-0.25, -0.2) is 8.42 Å². The van der Waals surface area contributed by atoms with Gasteiger partial charge in [-0.2, -0.15) is 0 Å². The van der Waals surface area contributed by atoms with Crippen LogP contribution in [0.1, 0.15) is 26.7 Å². The average Bonchev–Trinajstić information content (AvgIpc) is 2.36. The van der Waals surface area contributed by atoms with Gasteiger partial charge < -0.3 is 10.5 Å². The fourth-order valence-electron chi connectivity index (χ4n) is 2.46. The van der Waals surface area contributed by atoms with Crippen LogP contribution in [0.3, 0.4) is 0 Å². The number of benzene rings is 1. The van der Waals surface area contributed by atoms with Gasteiger partial charge in [0.05, 0.1) is 4.90 Å². The molecule has 0 radical (unpaired) electrons.